The Kier molecular flexibility index (Phi) is 4.14. The van der Waals surface area contributed by atoms with Gasteiger partial charge in [-0.05, 0) is 13.0 Å². The van der Waals surface area contributed by atoms with Crippen LogP contribution in [0, 0.1) is 5.82 Å². The Morgan fingerprint density at radius 2 is 2.12 bits per heavy atom. The first-order chi connectivity index (χ1) is 7.93. The van der Waals surface area contributed by atoms with Crippen LogP contribution < -0.4 is 5.32 Å². The minimum atomic E-state index is -0.713. The van der Waals surface area contributed by atoms with Gasteiger partial charge in [0.2, 0.25) is 5.91 Å². The van der Waals surface area contributed by atoms with Crippen LogP contribution in [0.25, 0.3) is 0 Å². The summed E-state index contributed by atoms with van der Waals surface area (Å²) >= 11 is 0. The zero-order chi connectivity index (χ0) is 13.0. The molecule has 1 unspecified atom stereocenters. The van der Waals surface area contributed by atoms with Gasteiger partial charge in [0.25, 0.3) is 5.91 Å². The lowest BCUT2D eigenvalue weighted by Gasteiger charge is -2.17. The van der Waals surface area contributed by atoms with E-state index < -0.39 is 17.8 Å². The number of amides is 2. The van der Waals surface area contributed by atoms with Crippen LogP contribution in [-0.4, -0.2) is 41.8 Å². The molecule has 2 amide bonds. The summed E-state index contributed by atoms with van der Waals surface area (Å²) < 4.78 is 13.2. The molecule has 1 N–H and O–H groups in total. The van der Waals surface area contributed by atoms with E-state index in [1.807, 2.05) is 0 Å². The second kappa shape index (κ2) is 5.38. The summed E-state index contributed by atoms with van der Waals surface area (Å²) in [6, 6.07) is 0.558. The maximum Gasteiger partial charge on any atom is 0.255 e. The summed E-state index contributed by atoms with van der Waals surface area (Å²) in [5.74, 6) is -1.60. The first-order valence-corrected chi connectivity index (χ1v) is 5.05. The van der Waals surface area contributed by atoms with E-state index in [1.165, 1.54) is 17.2 Å². The number of rotatable bonds is 3. The fourth-order valence-corrected chi connectivity index (χ4v) is 1.28. The Morgan fingerprint density at radius 1 is 1.47 bits per heavy atom. The molecular weight excluding hydrogens is 225 g/mol. The van der Waals surface area contributed by atoms with E-state index in [0.29, 0.717) is 0 Å². The van der Waals surface area contributed by atoms with Crippen molar-refractivity contribution in [1.29, 1.82) is 0 Å². The van der Waals surface area contributed by atoms with Crippen LogP contribution in [0.5, 0.6) is 0 Å². The Labute approximate surface area is 98.6 Å². The minimum Gasteiger partial charge on any atom is -0.347 e. The first kappa shape index (κ1) is 13.1. The van der Waals surface area contributed by atoms with Crippen molar-refractivity contribution in [3.05, 3.63) is 29.8 Å². The smallest absolute Gasteiger partial charge is 0.255 e. The molecule has 0 saturated carbocycles. The largest absolute Gasteiger partial charge is 0.347 e. The molecular formula is C11H14FN3O2. The van der Waals surface area contributed by atoms with Gasteiger partial charge in [-0.25, -0.2) is 4.39 Å². The predicted octanol–water partition coefficient (Wildman–Crippen LogP) is 0.427. The second-order valence-electron chi connectivity index (χ2n) is 3.78. The third-order valence-electron chi connectivity index (χ3n) is 2.18. The van der Waals surface area contributed by atoms with Crippen molar-refractivity contribution in [1.82, 2.24) is 15.2 Å². The van der Waals surface area contributed by atoms with E-state index in [-0.39, 0.29) is 11.5 Å². The lowest BCUT2D eigenvalue weighted by Crippen LogP contribution is -2.44. The highest BCUT2D eigenvalue weighted by molar-refractivity contribution is 5.97. The van der Waals surface area contributed by atoms with Crippen LogP contribution in [-0.2, 0) is 4.79 Å². The van der Waals surface area contributed by atoms with Crippen molar-refractivity contribution in [2.24, 2.45) is 0 Å². The molecule has 0 aliphatic heterocycles. The van der Waals surface area contributed by atoms with Crippen LogP contribution in [0.3, 0.4) is 0 Å². The van der Waals surface area contributed by atoms with Crippen LogP contribution in [0.4, 0.5) is 4.39 Å². The second-order valence-corrected chi connectivity index (χ2v) is 3.78. The fourth-order valence-electron chi connectivity index (χ4n) is 1.28. The normalized spacial score (nSPS) is 11.8. The standard InChI is InChI=1S/C11H14FN3O2/c1-7(11(17)15(2)3)14-10(16)8-4-5-13-6-9(8)12/h4-7H,1-3H3,(H,14,16). The zero-order valence-electron chi connectivity index (χ0n) is 9.90. The van der Waals surface area contributed by atoms with Crippen molar-refractivity contribution in [3.8, 4) is 0 Å². The van der Waals surface area contributed by atoms with Gasteiger partial charge in [-0.1, -0.05) is 0 Å². The molecule has 92 valence electrons. The number of likely N-dealkylation sites (N-methyl/N-ethyl adjacent to an activating group) is 1. The SMILES string of the molecule is CC(NC(=O)c1ccncc1F)C(=O)N(C)C. The number of pyridine rings is 1. The van der Waals surface area contributed by atoms with E-state index in [0.717, 1.165) is 6.20 Å². The molecule has 0 fully saturated rings. The highest BCUT2D eigenvalue weighted by Gasteiger charge is 2.19. The Bertz CT molecular complexity index is 434. The lowest BCUT2D eigenvalue weighted by molar-refractivity contribution is -0.130. The molecule has 1 heterocycles. The molecule has 0 bridgehead atoms. The summed E-state index contributed by atoms with van der Waals surface area (Å²) in [5.41, 5.74) is -0.126. The maximum atomic E-state index is 13.2. The van der Waals surface area contributed by atoms with E-state index in [9.17, 15) is 14.0 Å². The van der Waals surface area contributed by atoms with Crippen molar-refractivity contribution in [2.75, 3.05) is 14.1 Å². The number of nitrogens with zero attached hydrogens (tertiary/aromatic N) is 2. The Hall–Kier alpha value is -1.98. The summed E-state index contributed by atoms with van der Waals surface area (Å²) in [4.78, 5) is 28.0. The molecule has 6 heteroatoms. The Balaban J connectivity index is 2.74. The monoisotopic (exact) mass is 239 g/mol. The van der Waals surface area contributed by atoms with Crippen molar-refractivity contribution >= 4 is 11.8 Å². The summed E-state index contributed by atoms with van der Waals surface area (Å²) in [6.45, 7) is 1.54. The predicted molar refractivity (Wildman–Crippen MR) is 59.8 cm³/mol. The number of aromatic nitrogens is 1. The molecule has 0 aromatic carbocycles. The average Bonchev–Trinajstić information content (AvgIpc) is 2.28. The third kappa shape index (κ3) is 3.24. The number of carbonyl (C=O) groups excluding carboxylic acids is 2. The van der Waals surface area contributed by atoms with Gasteiger partial charge < -0.3 is 10.2 Å². The molecule has 0 saturated heterocycles. The number of carbonyl (C=O) groups is 2. The van der Waals surface area contributed by atoms with E-state index in [1.54, 1.807) is 21.0 Å². The van der Waals surface area contributed by atoms with Crippen LogP contribution in [0.2, 0.25) is 0 Å². The fraction of sp³-hybridized carbons (Fsp3) is 0.364. The molecule has 5 nitrogen and oxygen atoms in total. The third-order valence-corrected chi connectivity index (χ3v) is 2.18. The molecule has 1 atom stereocenters. The van der Waals surface area contributed by atoms with Gasteiger partial charge in [0.15, 0.2) is 5.82 Å². The van der Waals surface area contributed by atoms with Gasteiger partial charge in [-0.3, -0.25) is 14.6 Å². The van der Waals surface area contributed by atoms with Gasteiger partial charge in [0.05, 0.1) is 11.8 Å². The quantitative estimate of drug-likeness (QED) is 0.831. The molecule has 1 rings (SSSR count). The van der Waals surface area contributed by atoms with Gasteiger partial charge in [0.1, 0.15) is 6.04 Å². The lowest BCUT2D eigenvalue weighted by atomic mass is 10.2. The van der Waals surface area contributed by atoms with Gasteiger partial charge in [-0.2, -0.15) is 0 Å². The molecule has 1 aromatic heterocycles. The van der Waals surface area contributed by atoms with E-state index in [2.05, 4.69) is 10.3 Å². The summed E-state index contributed by atoms with van der Waals surface area (Å²) in [5, 5.41) is 2.42. The number of halogens is 1. The molecule has 1 aromatic rings. The van der Waals surface area contributed by atoms with Crippen LogP contribution in [0.15, 0.2) is 18.5 Å². The average molecular weight is 239 g/mol. The molecule has 17 heavy (non-hydrogen) atoms. The topological polar surface area (TPSA) is 62.3 Å². The first-order valence-electron chi connectivity index (χ1n) is 5.05. The molecule has 0 radical (unpaired) electrons. The number of nitrogens with one attached hydrogen (secondary N) is 1. The van der Waals surface area contributed by atoms with Gasteiger partial charge >= 0.3 is 0 Å². The molecule has 0 aliphatic rings. The van der Waals surface area contributed by atoms with Gasteiger partial charge in [0, 0.05) is 20.3 Å². The number of hydrogen-bond acceptors (Lipinski definition) is 3. The molecule has 0 spiro atoms. The van der Waals surface area contributed by atoms with Crippen LogP contribution in [0.1, 0.15) is 17.3 Å². The number of hydrogen-bond donors (Lipinski definition) is 1. The van der Waals surface area contributed by atoms with Crippen molar-refractivity contribution in [2.45, 2.75) is 13.0 Å². The summed E-state index contributed by atoms with van der Waals surface area (Å²) in [6.07, 6.45) is 2.27. The maximum absolute atomic E-state index is 13.2. The van der Waals surface area contributed by atoms with Crippen molar-refractivity contribution in [3.63, 3.8) is 0 Å². The van der Waals surface area contributed by atoms with E-state index in [4.69, 9.17) is 0 Å². The Morgan fingerprint density at radius 3 is 2.65 bits per heavy atom. The van der Waals surface area contributed by atoms with E-state index >= 15 is 0 Å². The molecule has 0 aliphatic carbocycles. The van der Waals surface area contributed by atoms with Crippen LogP contribution >= 0.6 is 0 Å². The van der Waals surface area contributed by atoms with Gasteiger partial charge in [-0.15, -0.1) is 0 Å². The minimum absolute atomic E-state index is 0.126. The summed E-state index contributed by atoms with van der Waals surface area (Å²) in [7, 11) is 3.16. The highest BCUT2D eigenvalue weighted by atomic mass is 19.1. The zero-order valence-corrected chi connectivity index (χ0v) is 9.90. The highest BCUT2D eigenvalue weighted by Crippen LogP contribution is 2.04. The van der Waals surface area contributed by atoms with Crippen molar-refractivity contribution < 1.29 is 14.0 Å².